The Labute approximate surface area is 145 Å². The molecule has 0 fully saturated rings. The zero-order valence-electron chi connectivity index (χ0n) is 13.2. The number of benzene rings is 2. The minimum absolute atomic E-state index is 0.130. The number of fused-ring (bicyclic) bond motifs is 1. The van der Waals surface area contributed by atoms with Gasteiger partial charge in [-0.3, -0.25) is 4.31 Å². The van der Waals surface area contributed by atoms with E-state index in [2.05, 4.69) is 15.9 Å². The Bertz CT molecular complexity index is 864. The van der Waals surface area contributed by atoms with Gasteiger partial charge in [-0.2, -0.15) is 0 Å². The van der Waals surface area contributed by atoms with Crippen molar-refractivity contribution in [2.24, 2.45) is 0 Å². The number of methoxy groups -OCH3 is 1. The van der Waals surface area contributed by atoms with Crippen LogP contribution in [-0.2, 0) is 16.4 Å². The second kappa shape index (κ2) is 5.83. The van der Waals surface area contributed by atoms with Crippen molar-refractivity contribution in [1.29, 1.82) is 0 Å². The number of hydrogen-bond acceptors (Lipinski definition) is 3. The molecule has 3 rings (SSSR count). The van der Waals surface area contributed by atoms with Crippen molar-refractivity contribution in [3.8, 4) is 5.75 Å². The molecular weight excluding hydrogens is 378 g/mol. The van der Waals surface area contributed by atoms with Crippen LogP contribution < -0.4 is 9.04 Å². The van der Waals surface area contributed by atoms with Gasteiger partial charge in [-0.15, -0.1) is 0 Å². The van der Waals surface area contributed by atoms with Gasteiger partial charge in [0.2, 0.25) is 0 Å². The lowest BCUT2D eigenvalue weighted by Crippen LogP contribution is -2.36. The van der Waals surface area contributed by atoms with Crippen molar-refractivity contribution in [1.82, 2.24) is 0 Å². The molecule has 23 heavy (non-hydrogen) atoms. The van der Waals surface area contributed by atoms with E-state index in [0.717, 1.165) is 21.3 Å². The van der Waals surface area contributed by atoms with E-state index in [1.54, 1.807) is 12.1 Å². The van der Waals surface area contributed by atoms with Crippen LogP contribution in [0.5, 0.6) is 5.75 Å². The van der Waals surface area contributed by atoms with E-state index in [-0.39, 0.29) is 10.9 Å². The standard InChI is InChI=1S/C17H18BrNO3S/c1-11-4-7-16(22-3)17(8-11)23(20,21)19-12(2)9-13-10-14(18)5-6-15(13)19/h4-8,10,12H,9H2,1-3H3/t12-/m1/s1. The van der Waals surface area contributed by atoms with Gasteiger partial charge in [-0.1, -0.05) is 22.0 Å². The third kappa shape index (κ3) is 2.74. The number of anilines is 1. The zero-order valence-corrected chi connectivity index (χ0v) is 15.6. The van der Waals surface area contributed by atoms with Gasteiger partial charge in [0.05, 0.1) is 12.8 Å². The molecule has 6 heteroatoms. The molecular formula is C17H18BrNO3S. The fourth-order valence-electron chi connectivity index (χ4n) is 3.03. The SMILES string of the molecule is COc1ccc(C)cc1S(=O)(=O)N1c2ccc(Br)cc2C[C@H]1C. The number of nitrogens with zero attached hydrogens (tertiary/aromatic N) is 1. The van der Waals surface area contributed by atoms with E-state index in [1.165, 1.54) is 11.4 Å². The Morgan fingerprint density at radius 2 is 1.96 bits per heavy atom. The summed E-state index contributed by atoms with van der Waals surface area (Å²) >= 11 is 3.44. The van der Waals surface area contributed by atoms with E-state index in [1.807, 2.05) is 38.1 Å². The maximum Gasteiger partial charge on any atom is 0.268 e. The summed E-state index contributed by atoms with van der Waals surface area (Å²) in [5.74, 6) is 0.369. The molecule has 122 valence electrons. The van der Waals surface area contributed by atoms with E-state index in [4.69, 9.17) is 4.74 Å². The number of aryl methyl sites for hydroxylation is 1. The number of rotatable bonds is 3. The first-order valence-electron chi connectivity index (χ1n) is 7.32. The number of hydrogen-bond donors (Lipinski definition) is 0. The van der Waals surface area contributed by atoms with Gasteiger partial charge in [0, 0.05) is 10.5 Å². The van der Waals surface area contributed by atoms with Crippen LogP contribution in [0, 0.1) is 6.92 Å². The molecule has 0 amide bonds. The minimum atomic E-state index is -3.69. The molecule has 2 aromatic carbocycles. The monoisotopic (exact) mass is 395 g/mol. The molecule has 1 aliphatic heterocycles. The van der Waals surface area contributed by atoms with Gasteiger partial charge < -0.3 is 4.74 Å². The average molecular weight is 396 g/mol. The quantitative estimate of drug-likeness (QED) is 0.791. The largest absolute Gasteiger partial charge is 0.495 e. The van der Waals surface area contributed by atoms with Crippen LogP contribution in [-0.4, -0.2) is 21.6 Å². The lowest BCUT2D eigenvalue weighted by Gasteiger charge is -2.25. The normalized spacial score (nSPS) is 17.2. The molecule has 0 unspecified atom stereocenters. The fraction of sp³-hybridized carbons (Fsp3) is 0.294. The molecule has 1 heterocycles. The Hall–Kier alpha value is -1.53. The average Bonchev–Trinajstić information content (AvgIpc) is 2.82. The van der Waals surface area contributed by atoms with Gasteiger partial charge >= 0.3 is 0 Å². The van der Waals surface area contributed by atoms with Crippen LogP contribution in [0.25, 0.3) is 0 Å². The third-order valence-corrected chi connectivity index (χ3v) is 6.49. The molecule has 0 aromatic heterocycles. The van der Waals surface area contributed by atoms with Crippen molar-refractivity contribution < 1.29 is 13.2 Å². The lowest BCUT2D eigenvalue weighted by molar-refractivity contribution is 0.402. The first kappa shape index (κ1) is 16.3. The van der Waals surface area contributed by atoms with E-state index in [0.29, 0.717) is 12.2 Å². The van der Waals surface area contributed by atoms with Crippen molar-refractivity contribution in [2.45, 2.75) is 31.2 Å². The summed E-state index contributed by atoms with van der Waals surface area (Å²) in [4.78, 5) is 0.211. The smallest absolute Gasteiger partial charge is 0.268 e. The number of ether oxygens (including phenoxy) is 1. The molecule has 0 bridgehead atoms. The molecule has 1 aliphatic rings. The highest BCUT2D eigenvalue weighted by Crippen LogP contribution is 2.40. The van der Waals surface area contributed by atoms with Gasteiger partial charge in [0.1, 0.15) is 10.6 Å². The van der Waals surface area contributed by atoms with Crippen LogP contribution in [0.2, 0.25) is 0 Å². The maximum absolute atomic E-state index is 13.3. The summed E-state index contributed by atoms with van der Waals surface area (Å²) in [5, 5.41) is 0. The molecule has 1 atom stereocenters. The van der Waals surface area contributed by atoms with Gasteiger partial charge in [-0.05, 0) is 61.7 Å². The van der Waals surface area contributed by atoms with Crippen LogP contribution in [0.4, 0.5) is 5.69 Å². The Morgan fingerprint density at radius 3 is 2.65 bits per heavy atom. The van der Waals surface area contributed by atoms with Crippen molar-refractivity contribution >= 4 is 31.6 Å². The highest BCUT2D eigenvalue weighted by atomic mass is 79.9. The minimum Gasteiger partial charge on any atom is -0.495 e. The van der Waals surface area contributed by atoms with Crippen LogP contribution in [0.15, 0.2) is 45.8 Å². The fourth-order valence-corrected chi connectivity index (χ4v) is 5.38. The maximum atomic E-state index is 13.3. The summed E-state index contributed by atoms with van der Waals surface area (Å²) in [7, 11) is -2.20. The molecule has 0 saturated carbocycles. The second-order valence-corrected chi connectivity index (χ2v) is 8.48. The molecule has 0 aliphatic carbocycles. The summed E-state index contributed by atoms with van der Waals surface area (Å²) in [6, 6.07) is 10.8. The van der Waals surface area contributed by atoms with Crippen LogP contribution >= 0.6 is 15.9 Å². The van der Waals surface area contributed by atoms with Gasteiger partial charge in [0.25, 0.3) is 10.0 Å². The predicted molar refractivity (Wildman–Crippen MR) is 94.7 cm³/mol. The number of sulfonamides is 1. The third-order valence-electron chi connectivity index (χ3n) is 4.05. The van der Waals surface area contributed by atoms with Crippen molar-refractivity contribution in [2.75, 3.05) is 11.4 Å². The topological polar surface area (TPSA) is 46.6 Å². The van der Waals surface area contributed by atoms with E-state index in [9.17, 15) is 8.42 Å². The first-order chi connectivity index (χ1) is 10.8. The highest BCUT2D eigenvalue weighted by molar-refractivity contribution is 9.10. The summed E-state index contributed by atoms with van der Waals surface area (Å²) < 4.78 is 34.3. The molecule has 4 nitrogen and oxygen atoms in total. The highest BCUT2D eigenvalue weighted by Gasteiger charge is 2.37. The summed E-state index contributed by atoms with van der Waals surface area (Å²) in [6.07, 6.45) is 0.697. The second-order valence-electron chi connectivity index (χ2n) is 5.78. The number of halogens is 1. The lowest BCUT2D eigenvalue weighted by atomic mass is 10.1. The van der Waals surface area contributed by atoms with Crippen LogP contribution in [0.1, 0.15) is 18.1 Å². The molecule has 0 N–H and O–H groups in total. The summed E-state index contributed by atoms with van der Waals surface area (Å²) in [5.41, 5.74) is 2.65. The van der Waals surface area contributed by atoms with Crippen LogP contribution in [0.3, 0.4) is 0 Å². The first-order valence-corrected chi connectivity index (χ1v) is 9.55. The molecule has 2 aromatic rings. The molecule has 0 radical (unpaired) electrons. The Morgan fingerprint density at radius 1 is 1.22 bits per heavy atom. The van der Waals surface area contributed by atoms with Crippen molar-refractivity contribution in [3.63, 3.8) is 0 Å². The van der Waals surface area contributed by atoms with Gasteiger partial charge in [-0.25, -0.2) is 8.42 Å². The van der Waals surface area contributed by atoms with E-state index < -0.39 is 10.0 Å². The zero-order chi connectivity index (χ0) is 16.8. The van der Waals surface area contributed by atoms with Crippen molar-refractivity contribution in [3.05, 3.63) is 52.0 Å². The molecule has 0 saturated heterocycles. The van der Waals surface area contributed by atoms with E-state index >= 15 is 0 Å². The Balaban J connectivity index is 2.17. The predicted octanol–water partition coefficient (Wildman–Crippen LogP) is 3.91. The molecule has 0 spiro atoms. The van der Waals surface area contributed by atoms with Gasteiger partial charge in [0.15, 0.2) is 0 Å². The Kier molecular flexibility index (Phi) is 4.14. The summed E-state index contributed by atoms with van der Waals surface area (Å²) in [6.45, 7) is 3.80.